The van der Waals surface area contributed by atoms with Gasteiger partial charge in [0.2, 0.25) is 11.8 Å². The van der Waals surface area contributed by atoms with Crippen LogP contribution in [0.3, 0.4) is 0 Å². The summed E-state index contributed by atoms with van der Waals surface area (Å²) in [5.41, 5.74) is 1.08. The fourth-order valence-electron chi connectivity index (χ4n) is 3.07. The molecule has 3 rings (SSSR count). The van der Waals surface area contributed by atoms with Crippen LogP contribution in [0.4, 0.5) is 0 Å². The quantitative estimate of drug-likeness (QED) is 0.746. The molecule has 8 nitrogen and oxygen atoms in total. The normalized spacial score (nSPS) is 17.6. The van der Waals surface area contributed by atoms with Gasteiger partial charge in [-0.3, -0.25) is 9.69 Å². The molecule has 1 N–H and O–H groups in total. The van der Waals surface area contributed by atoms with Gasteiger partial charge in [-0.15, -0.1) is 0 Å². The summed E-state index contributed by atoms with van der Waals surface area (Å²) in [6.45, 7) is 4.90. The molecule has 0 bridgehead atoms. The molecule has 2 heterocycles. The number of rotatable bonds is 8. The van der Waals surface area contributed by atoms with Crippen molar-refractivity contribution < 1.29 is 18.8 Å². The fourth-order valence-corrected chi connectivity index (χ4v) is 3.07. The van der Waals surface area contributed by atoms with Crippen LogP contribution in [0, 0.1) is 6.92 Å². The van der Waals surface area contributed by atoms with Crippen LogP contribution < -0.4 is 10.1 Å². The average Bonchev–Trinajstić information content (AvgIpc) is 3.10. The van der Waals surface area contributed by atoms with Crippen molar-refractivity contribution in [2.75, 3.05) is 33.4 Å². The standard InChI is InChI=1S/C19H26N4O4/c1-14-21-19(27-22-14)12-23-8-9-26-13-16(23)11-20-18(24)7-6-15-4-3-5-17(10-15)25-2/h3-5,10,16H,6-9,11-13H2,1-2H3,(H,20,24). The smallest absolute Gasteiger partial charge is 0.240 e. The van der Waals surface area contributed by atoms with Crippen LogP contribution in [0.5, 0.6) is 5.75 Å². The molecule has 0 spiro atoms. The second-order valence-electron chi connectivity index (χ2n) is 6.59. The number of aryl methyl sites for hydroxylation is 2. The fraction of sp³-hybridized carbons (Fsp3) is 0.526. The minimum atomic E-state index is 0.0250. The van der Waals surface area contributed by atoms with Gasteiger partial charge >= 0.3 is 0 Å². The summed E-state index contributed by atoms with van der Waals surface area (Å²) >= 11 is 0. The highest BCUT2D eigenvalue weighted by Gasteiger charge is 2.25. The maximum atomic E-state index is 12.2. The molecule has 27 heavy (non-hydrogen) atoms. The van der Waals surface area contributed by atoms with Gasteiger partial charge in [-0.05, 0) is 31.0 Å². The Hall–Kier alpha value is -2.45. The van der Waals surface area contributed by atoms with Gasteiger partial charge in [0.1, 0.15) is 5.75 Å². The summed E-state index contributed by atoms with van der Waals surface area (Å²) in [4.78, 5) is 18.7. The molecule has 2 aromatic rings. The second kappa shape index (κ2) is 9.48. The Labute approximate surface area is 158 Å². The van der Waals surface area contributed by atoms with Crippen LogP contribution in [0.25, 0.3) is 0 Å². The van der Waals surface area contributed by atoms with Crippen molar-refractivity contribution >= 4 is 5.91 Å². The number of amides is 1. The van der Waals surface area contributed by atoms with Crippen molar-refractivity contribution in [3.05, 3.63) is 41.5 Å². The third kappa shape index (κ3) is 5.77. The van der Waals surface area contributed by atoms with E-state index in [4.69, 9.17) is 14.0 Å². The lowest BCUT2D eigenvalue weighted by atomic mass is 10.1. The Morgan fingerprint density at radius 2 is 2.33 bits per heavy atom. The number of hydrogen-bond donors (Lipinski definition) is 1. The van der Waals surface area contributed by atoms with E-state index in [1.54, 1.807) is 14.0 Å². The Balaban J connectivity index is 1.45. The first-order valence-corrected chi connectivity index (χ1v) is 9.14. The van der Waals surface area contributed by atoms with E-state index in [9.17, 15) is 4.79 Å². The first kappa shape index (κ1) is 19.3. The molecule has 1 atom stereocenters. The van der Waals surface area contributed by atoms with Gasteiger partial charge < -0.3 is 19.3 Å². The topological polar surface area (TPSA) is 89.7 Å². The van der Waals surface area contributed by atoms with Crippen molar-refractivity contribution in [2.24, 2.45) is 0 Å². The zero-order valence-corrected chi connectivity index (χ0v) is 15.8. The molecule has 1 amide bonds. The molecule has 8 heteroatoms. The summed E-state index contributed by atoms with van der Waals surface area (Å²) in [7, 11) is 1.64. The second-order valence-corrected chi connectivity index (χ2v) is 6.59. The predicted octanol–water partition coefficient (Wildman–Crippen LogP) is 1.34. The van der Waals surface area contributed by atoms with E-state index in [1.807, 2.05) is 24.3 Å². The lowest BCUT2D eigenvalue weighted by Gasteiger charge is -2.34. The van der Waals surface area contributed by atoms with E-state index in [0.717, 1.165) is 17.9 Å². The number of hydrogen-bond acceptors (Lipinski definition) is 7. The number of methoxy groups -OCH3 is 1. The maximum Gasteiger partial charge on any atom is 0.240 e. The van der Waals surface area contributed by atoms with Crippen LogP contribution in [0.2, 0.25) is 0 Å². The number of morpholine rings is 1. The number of carbonyl (C=O) groups excluding carboxylic acids is 1. The Morgan fingerprint density at radius 1 is 1.44 bits per heavy atom. The van der Waals surface area contributed by atoms with Crippen LogP contribution in [-0.4, -0.2) is 60.4 Å². The number of benzene rings is 1. The maximum absolute atomic E-state index is 12.2. The summed E-state index contributed by atoms with van der Waals surface area (Å²) in [6, 6.07) is 7.87. The van der Waals surface area contributed by atoms with E-state index >= 15 is 0 Å². The van der Waals surface area contributed by atoms with Crippen LogP contribution >= 0.6 is 0 Å². The van der Waals surface area contributed by atoms with Crippen molar-refractivity contribution in [3.8, 4) is 5.75 Å². The minimum Gasteiger partial charge on any atom is -0.497 e. The van der Waals surface area contributed by atoms with Crippen molar-refractivity contribution in [1.29, 1.82) is 0 Å². The Morgan fingerprint density at radius 3 is 3.11 bits per heavy atom. The molecule has 0 radical (unpaired) electrons. The average molecular weight is 374 g/mol. The highest BCUT2D eigenvalue weighted by atomic mass is 16.5. The SMILES string of the molecule is COc1cccc(CCC(=O)NCC2COCCN2Cc2nc(C)no2)c1. The van der Waals surface area contributed by atoms with Crippen LogP contribution in [-0.2, 0) is 22.5 Å². The third-order valence-electron chi connectivity index (χ3n) is 4.57. The van der Waals surface area contributed by atoms with E-state index in [-0.39, 0.29) is 11.9 Å². The summed E-state index contributed by atoms with van der Waals surface area (Å²) < 4.78 is 16.0. The monoisotopic (exact) mass is 374 g/mol. The molecule has 1 fully saturated rings. The van der Waals surface area contributed by atoms with E-state index in [1.165, 1.54) is 0 Å². The van der Waals surface area contributed by atoms with E-state index in [0.29, 0.717) is 50.9 Å². The van der Waals surface area contributed by atoms with Gasteiger partial charge in [0.05, 0.1) is 32.9 Å². The highest BCUT2D eigenvalue weighted by molar-refractivity contribution is 5.76. The molecule has 146 valence electrons. The van der Waals surface area contributed by atoms with Gasteiger partial charge in [-0.1, -0.05) is 17.3 Å². The summed E-state index contributed by atoms with van der Waals surface area (Å²) in [5.74, 6) is 2.04. The predicted molar refractivity (Wildman–Crippen MR) is 98.4 cm³/mol. The van der Waals surface area contributed by atoms with Gasteiger partial charge in [-0.2, -0.15) is 4.98 Å². The molecule has 1 aromatic carbocycles. The first-order chi connectivity index (χ1) is 13.1. The van der Waals surface area contributed by atoms with Gasteiger partial charge in [0.15, 0.2) is 5.82 Å². The summed E-state index contributed by atoms with van der Waals surface area (Å²) in [5, 5.41) is 6.84. The molecule has 1 aliphatic heterocycles. The van der Waals surface area contributed by atoms with E-state index < -0.39 is 0 Å². The lowest BCUT2D eigenvalue weighted by molar-refractivity contribution is -0.121. The lowest BCUT2D eigenvalue weighted by Crippen LogP contribution is -2.50. The molecule has 1 saturated heterocycles. The number of nitrogens with one attached hydrogen (secondary N) is 1. The number of nitrogens with zero attached hydrogens (tertiary/aromatic N) is 3. The third-order valence-corrected chi connectivity index (χ3v) is 4.57. The highest BCUT2D eigenvalue weighted by Crippen LogP contribution is 2.14. The number of aromatic nitrogens is 2. The van der Waals surface area contributed by atoms with Crippen molar-refractivity contribution in [1.82, 2.24) is 20.4 Å². The van der Waals surface area contributed by atoms with Crippen molar-refractivity contribution in [3.63, 3.8) is 0 Å². The summed E-state index contributed by atoms with van der Waals surface area (Å²) in [6.07, 6.45) is 1.11. The zero-order valence-electron chi connectivity index (χ0n) is 15.8. The molecule has 0 saturated carbocycles. The molecule has 0 aliphatic carbocycles. The minimum absolute atomic E-state index is 0.0250. The molecule has 1 aliphatic rings. The zero-order chi connectivity index (χ0) is 19.1. The van der Waals surface area contributed by atoms with Gasteiger partial charge in [0, 0.05) is 19.5 Å². The van der Waals surface area contributed by atoms with Crippen LogP contribution in [0.1, 0.15) is 23.7 Å². The largest absolute Gasteiger partial charge is 0.497 e. The number of ether oxygens (including phenoxy) is 2. The number of carbonyl (C=O) groups is 1. The molecule has 1 aromatic heterocycles. The first-order valence-electron chi connectivity index (χ1n) is 9.14. The van der Waals surface area contributed by atoms with Crippen molar-refractivity contribution in [2.45, 2.75) is 32.4 Å². The van der Waals surface area contributed by atoms with E-state index in [2.05, 4.69) is 20.4 Å². The molecular weight excluding hydrogens is 348 g/mol. The van der Waals surface area contributed by atoms with Crippen LogP contribution in [0.15, 0.2) is 28.8 Å². The van der Waals surface area contributed by atoms with Gasteiger partial charge in [0.25, 0.3) is 0 Å². The Bertz CT molecular complexity index is 749. The molecule has 1 unspecified atom stereocenters. The molecular formula is C19H26N4O4. The van der Waals surface area contributed by atoms with Gasteiger partial charge in [-0.25, -0.2) is 0 Å². The Kier molecular flexibility index (Phi) is 6.78.